The van der Waals surface area contributed by atoms with Gasteiger partial charge in [0, 0.05) is 19.1 Å². The Balaban J connectivity index is 0.00000364. The van der Waals surface area contributed by atoms with Crippen molar-refractivity contribution in [2.24, 2.45) is 11.7 Å². The summed E-state index contributed by atoms with van der Waals surface area (Å²) in [6, 6.07) is 4.23. The Hall–Kier alpha value is -2.07. The number of benzene rings is 1. The van der Waals surface area contributed by atoms with Crippen molar-refractivity contribution in [3.63, 3.8) is 0 Å². The average Bonchev–Trinajstić information content (AvgIpc) is 2.76. The van der Waals surface area contributed by atoms with Crippen LogP contribution in [0.25, 0.3) is 0 Å². The van der Waals surface area contributed by atoms with Gasteiger partial charge in [-0.05, 0) is 25.0 Å². The van der Waals surface area contributed by atoms with Crippen molar-refractivity contribution in [3.8, 4) is 5.75 Å². The summed E-state index contributed by atoms with van der Waals surface area (Å²) in [6.45, 7) is -0.149. The summed E-state index contributed by atoms with van der Waals surface area (Å²) in [5.74, 6) is -3.49. The molecule has 1 saturated heterocycles. The molecule has 1 aromatic rings. The van der Waals surface area contributed by atoms with E-state index in [4.69, 9.17) is 5.73 Å². The van der Waals surface area contributed by atoms with Crippen LogP contribution in [-0.2, 0) is 4.79 Å². The molecule has 0 saturated carbocycles. The number of aliphatic carboxylic acids is 1. The van der Waals surface area contributed by atoms with Gasteiger partial charge in [0.25, 0.3) is 5.91 Å². The summed E-state index contributed by atoms with van der Waals surface area (Å²) in [5.41, 5.74) is 5.48. The van der Waals surface area contributed by atoms with Crippen LogP contribution in [0.2, 0.25) is 0 Å². The fraction of sp³-hybridized carbons (Fsp3) is 0.500. The summed E-state index contributed by atoms with van der Waals surface area (Å²) in [4.78, 5) is 25.1. The van der Waals surface area contributed by atoms with Gasteiger partial charge in [0.2, 0.25) is 0 Å². The molecule has 1 amide bonds. The lowest BCUT2D eigenvalue weighted by Gasteiger charge is -2.26. The number of carbonyl (C=O) groups excluding carboxylic acids is 1. The summed E-state index contributed by atoms with van der Waals surface area (Å²) in [7, 11) is 0. The first kappa shape index (κ1) is 23.0. The number of likely N-dealkylation sites (tertiary alicyclic amines) is 1. The first-order chi connectivity index (χ1) is 12.1. The fourth-order valence-corrected chi connectivity index (χ4v) is 2.68. The first-order valence-electron chi connectivity index (χ1n) is 7.83. The number of carbonyl (C=O) groups is 2. The number of carboxylic acid groups (broad SMARTS) is 1. The smallest absolute Gasteiger partial charge is 0.461 e. The van der Waals surface area contributed by atoms with Gasteiger partial charge in [0.05, 0.1) is 11.5 Å². The monoisotopic (exact) mass is 414 g/mol. The standard InChI is InChI=1S/C16H18F4N2O4.ClH/c17-15(18)16(19,20)26-12-4-2-1-3-11(12)13(23)22-7-9(14(24)25)5-6-10(21)8-22;/h1-4,9-10,15H,5-8,21H2,(H,24,25);1H/t9-,10+;/m0./s1. The van der Waals surface area contributed by atoms with E-state index < -0.39 is 42.1 Å². The molecule has 1 aromatic carbocycles. The zero-order valence-electron chi connectivity index (χ0n) is 14.0. The predicted molar refractivity (Wildman–Crippen MR) is 89.5 cm³/mol. The maximum Gasteiger partial charge on any atom is 0.461 e. The number of carboxylic acids is 1. The lowest BCUT2D eigenvalue weighted by molar-refractivity contribution is -0.253. The van der Waals surface area contributed by atoms with Gasteiger partial charge in [0.1, 0.15) is 5.75 Å². The normalized spacial score (nSPS) is 20.6. The Morgan fingerprint density at radius 2 is 1.85 bits per heavy atom. The molecular formula is C16H19ClF4N2O4. The van der Waals surface area contributed by atoms with Crippen molar-refractivity contribution in [1.29, 1.82) is 0 Å². The van der Waals surface area contributed by atoms with Crippen LogP contribution in [0.15, 0.2) is 24.3 Å². The molecule has 0 aliphatic carbocycles. The van der Waals surface area contributed by atoms with Gasteiger partial charge in [0.15, 0.2) is 0 Å². The molecule has 1 heterocycles. The number of para-hydroxylation sites is 1. The second-order valence-electron chi connectivity index (χ2n) is 6.04. The van der Waals surface area contributed by atoms with Crippen LogP contribution in [0.4, 0.5) is 17.6 Å². The summed E-state index contributed by atoms with van der Waals surface area (Å²) < 4.78 is 55.3. The number of halogens is 5. The highest BCUT2D eigenvalue weighted by Crippen LogP contribution is 2.31. The van der Waals surface area contributed by atoms with Crippen molar-refractivity contribution < 1.29 is 37.0 Å². The van der Waals surface area contributed by atoms with Crippen molar-refractivity contribution >= 4 is 24.3 Å². The van der Waals surface area contributed by atoms with Crippen LogP contribution in [0.5, 0.6) is 5.75 Å². The zero-order valence-corrected chi connectivity index (χ0v) is 14.8. The first-order valence-corrected chi connectivity index (χ1v) is 7.83. The van der Waals surface area contributed by atoms with E-state index in [-0.39, 0.29) is 37.5 Å². The number of ether oxygens (including phenoxy) is 1. The molecule has 0 bridgehead atoms. The molecule has 27 heavy (non-hydrogen) atoms. The second-order valence-corrected chi connectivity index (χ2v) is 6.04. The lowest BCUT2D eigenvalue weighted by atomic mass is 10.0. The number of hydrogen-bond donors (Lipinski definition) is 2. The van der Waals surface area contributed by atoms with Gasteiger partial charge in [-0.15, -0.1) is 12.4 Å². The maximum atomic E-state index is 13.2. The van der Waals surface area contributed by atoms with Crippen LogP contribution in [-0.4, -0.2) is 53.5 Å². The Morgan fingerprint density at radius 3 is 2.44 bits per heavy atom. The van der Waals surface area contributed by atoms with E-state index in [1.165, 1.54) is 12.1 Å². The van der Waals surface area contributed by atoms with E-state index >= 15 is 0 Å². The number of nitrogens with zero attached hydrogens (tertiary/aromatic N) is 1. The maximum absolute atomic E-state index is 13.2. The van der Waals surface area contributed by atoms with Gasteiger partial charge in [-0.2, -0.15) is 17.6 Å². The summed E-state index contributed by atoms with van der Waals surface area (Å²) in [6.07, 6.45) is -8.20. The van der Waals surface area contributed by atoms with E-state index in [0.717, 1.165) is 17.0 Å². The third-order valence-corrected chi connectivity index (χ3v) is 4.04. The quantitative estimate of drug-likeness (QED) is 0.722. The van der Waals surface area contributed by atoms with Gasteiger partial charge < -0.3 is 20.5 Å². The molecule has 2 rings (SSSR count). The number of hydrogen-bond acceptors (Lipinski definition) is 4. The molecule has 0 unspecified atom stereocenters. The van der Waals surface area contributed by atoms with E-state index in [1.54, 1.807) is 0 Å². The molecule has 1 fully saturated rings. The van der Waals surface area contributed by atoms with Gasteiger partial charge >= 0.3 is 18.5 Å². The molecule has 2 atom stereocenters. The average molecular weight is 415 g/mol. The van der Waals surface area contributed by atoms with E-state index in [2.05, 4.69) is 4.74 Å². The minimum Gasteiger partial charge on any atom is -0.481 e. The largest absolute Gasteiger partial charge is 0.481 e. The number of amides is 1. The van der Waals surface area contributed by atoms with E-state index in [1.807, 2.05) is 0 Å². The van der Waals surface area contributed by atoms with Gasteiger partial charge in [-0.25, -0.2) is 0 Å². The number of nitrogens with two attached hydrogens (primary N) is 1. The molecule has 0 radical (unpaired) electrons. The molecule has 6 nitrogen and oxygen atoms in total. The third-order valence-electron chi connectivity index (χ3n) is 4.04. The molecule has 11 heteroatoms. The molecule has 0 aromatic heterocycles. The van der Waals surface area contributed by atoms with Crippen molar-refractivity contribution in [3.05, 3.63) is 29.8 Å². The Bertz CT molecular complexity index is 678. The Labute approximate surface area is 158 Å². The van der Waals surface area contributed by atoms with Crippen LogP contribution in [0, 0.1) is 5.92 Å². The van der Waals surface area contributed by atoms with Crippen molar-refractivity contribution in [1.82, 2.24) is 4.90 Å². The molecule has 152 valence electrons. The summed E-state index contributed by atoms with van der Waals surface area (Å²) >= 11 is 0. The Kier molecular flexibility index (Phi) is 7.85. The molecule has 0 spiro atoms. The van der Waals surface area contributed by atoms with Gasteiger partial charge in [-0.1, -0.05) is 12.1 Å². The zero-order chi connectivity index (χ0) is 19.5. The molecule has 3 N–H and O–H groups in total. The molecule has 1 aliphatic rings. The summed E-state index contributed by atoms with van der Waals surface area (Å²) in [5, 5.41) is 9.20. The molecule has 1 aliphatic heterocycles. The second kappa shape index (κ2) is 9.23. The highest BCUT2D eigenvalue weighted by molar-refractivity contribution is 5.97. The third kappa shape index (κ3) is 5.70. The van der Waals surface area contributed by atoms with Crippen LogP contribution in [0.3, 0.4) is 0 Å². The van der Waals surface area contributed by atoms with Crippen molar-refractivity contribution in [2.75, 3.05) is 13.1 Å². The van der Waals surface area contributed by atoms with Crippen LogP contribution < -0.4 is 10.5 Å². The number of rotatable bonds is 5. The van der Waals surface area contributed by atoms with Gasteiger partial charge in [-0.3, -0.25) is 9.59 Å². The van der Waals surface area contributed by atoms with Crippen molar-refractivity contribution in [2.45, 2.75) is 31.4 Å². The molecular weight excluding hydrogens is 396 g/mol. The predicted octanol–water partition coefficient (Wildman–Crippen LogP) is 2.61. The lowest BCUT2D eigenvalue weighted by Crippen LogP contribution is -2.42. The highest BCUT2D eigenvalue weighted by atomic mass is 35.5. The van der Waals surface area contributed by atoms with Crippen LogP contribution in [0.1, 0.15) is 23.2 Å². The minimum atomic E-state index is -4.77. The number of alkyl halides is 4. The minimum absolute atomic E-state index is 0. The van der Waals surface area contributed by atoms with E-state index in [9.17, 15) is 32.3 Å². The topological polar surface area (TPSA) is 92.9 Å². The highest BCUT2D eigenvalue weighted by Gasteiger charge is 2.45. The Morgan fingerprint density at radius 1 is 1.22 bits per heavy atom. The SMILES string of the molecule is Cl.N[C@@H]1CC[C@H](C(=O)O)CN(C(=O)c2ccccc2OC(F)(F)C(F)F)C1. The fourth-order valence-electron chi connectivity index (χ4n) is 2.68. The van der Waals surface area contributed by atoms with Crippen LogP contribution >= 0.6 is 12.4 Å². The van der Waals surface area contributed by atoms with E-state index in [0.29, 0.717) is 6.42 Å².